The third kappa shape index (κ3) is 5.23. The van der Waals surface area contributed by atoms with E-state index >= 15 is 0 Å². The maximum Gasteiger partial charge on any atom is 0.251 e. The number of carbonyl (C=O) groups is 2. The summed E-state index contributed by atoms with van der Waals surface area (Å²) in [5.74, 6) is -2.00. The number of phenolic OH excluding ortho intramolecular Hbond substituents is 1. The maximum atomic E-state index is 14.6. The molecule has 1 saturated heterocycles. The monoisotopic (exact) mass is 480 g/mol. The van der Waals surface area contributed by atoms with E-state index in [0.29, 0.717) is 24.2 Å². The second-order valence-electron chi connectivity index (χ2n) is 8.09. The molecule has 0 saturated carbocycles. The minimum atomic E-state index is -1.46. The molecule has 4 rings (SSSR count). The van der Waals surface area contributed by atoms with Gasteiger partial charge in [0.2, 0.25) is 0 Å². The normalized spacial score (nSPS) is 18.0. The zero-order valence-corrected chi connectivity index (χ0v) is 18.9. The molecule has 2 amide bonds. The van der Waals surface area contributed by atoms with Gasteiger partial charge in [0.25, 0.3) is 11.8 Å². The first-order valence-electron chi connectivity index (χ1n) is 10.9. The summed E-state index contributed by atoms with van der Waals surface area (Å²) in [6.07, 6.45) is 1.60. The summed E-state index contributed by atoms with van der Waals surface area (Å²) in [6.45, 7) is 0.987. The van der Waals surface area contributed by atoms with Crippen molar-refractivity contribution in [3.8, 4) is 11.5 Å². The highest BCUT2D eigenvalue weighted by molar-refractivity contribution is 5.95. The van der Waals surface area contributed by atoms with Crippen LogP contribution in [0.2, 0.25) is 0 Å². The fourth-order valence-electron chi connectivity index (χ4n) is 3.95. The van der Waals surface area contributed by atoms with Crippen molar-refractivity contribution in [2.24, 2.45) is 0 Å². The molecule has 0 radical (unpaired) electrons. The molecule has 1 fully saturated rings. The standard InChI is InChI=1S/C25H25FN4O5/c1-35-20-7-6-19(31)21(22(20)26)23(32)14-2-4-15(5-3-14)24(33)29-17-12-28-13-18(17)30-25(34)16-8-10-27-11-9-16/h2-11,17-18,23,28,31-32H,12-13H2,1H3,(H,29,33)(H,30,34)/t17?,18-,23?/m1/s1. The molecular formula is C25H25FN4O5. The van der Waals surface area contributed by atoms with Crippen molar-refractivity contribution < 1.29 is 28.9 Å². The molecule has 5 N–H and O–H groups in total. The number of hydrogen-bond acceptors (Lipinski definition) is 7. The van der Waals surface area contributed by atoms with Crippen molar-refractivity contribution in [2.45, 2.75) is 18.2 Å². The molecule has 3 aromatic rings. The van der Waals surface area contributed by atoms with Crippen LogP contribution >= 0.6 is 0 Å². The number of ether oxygens (including phenoxy) is 1. The first-order valence-corrected chi connectivity index (χ1v) is 10.9. The number of aromatic nitrogens is 1. The largest absolute Gasteiger partial charge is 0.507 e. The SMILES string of the molecule is COc1ccc(O)c(C(O)c2ccc(C(=O)NC3CNC[C@H]3NC(=O)c3ccncc3)cc2)c1F. The average molecular weight is 480 g/mol. The van der Waals surface area contributed by atoms with Gasteiger partial charge in [-0.3, -0.25) is 14.6 Å². The lowest BCUT2D eigenvalue weighted by molar-refractivity contribution is 0.0896. The van der Waals surface area contributed by atoms with Gasteiger partial charge in [-0.15, -0.1) is 0 Å². The Balaban J connectivity index is 1.42. The molecule has 35 heavy (non-hydrogen) atoms. The number of pyridine rings is 1. The van der Waals surface area contributed by atoms with Gasteiger partial charge in [-0.1, -0.05) is 12.1 Å². The van der Waals surface area contributed by atoms with Crippen LogP contribution in [0.25, 0.3) is 0 Å². The van der Waals surface area contributed by atoms with Gasteiger partial charge >= 0.3 is 0 Å². The first kappa shape index (κ1) is 24.1. The Labute approximate surface area is 201 Å². The summed E-state index contributed by atoms with van der Waals surface area (Å²) < 4.78 is 19.5. The van der Waals surface area contributed by atoms with Crippen molar-refractivity contribution in [3.63, 3.8) is 0 Å². The van der Waals surface area contributed by atoms with Crippen LogP contribution in [0, 0.1) is 5.82 Å². The molecule has 1 aliphatic heterocycles. The summed E-state index contributed by atoms with van der Waals surface area (Å²) in [5, 5.41) is 29.7. The van der Waals surface area contributed by atoms with Crippen molar-refractivity contribution in [2.75, 3.05) is 20.2 Å². The van der Waals surface area contributed by atoms with Crippen LogP contribution in [-0.2, 0) is 0 Å². The molecule has 3 atom stereocenters. The number of nitrogens with one attached hydrogen (secondary N) is 3. The van der Waals surface area contributed by atoms with E-state index in [1.165, 1.54) is 55.9 Å². The second-order valence-corrected chi connectivity index (χ2v) is 8.09. The quantitative estimate of drug-likeness (QED) is 0.346. The number of hydrogen-bond donors (Lipinski definition) is 5. The summed E-state index contributed by atoms with van der Waals surface area (Å²) in [4.78, 5) is 29.2. The summed E-state index contributed by atoms with van der Waals surface area (Å²) >= 11 is 0. The van der Waals surface area contributed by atoms with E-state index in [1.807, 2.05) is 0 Å². The van der Waals surface area contributed by atoms with Gasteiger partial charge in [0, 0.05) is 36.6 Å². The minimum Gasteiger partial charge on any atom is -0.507 e. The predicted molar refractivity (Wildman–Crippen MR) is 125 cm³/mol. The topological polar surface area (TPSA) is 133 Å². The number of aliphatic hydroxyl groups excluding tert-OH is 1. The van der Waals surface area contributed by atoms with Crippen molar-refractivity contribution >= 4 is 11.8 Å². The van der Waals surface area contributed by atoms with Crippen LogP contribution in [0.4, 0.5) is 4.39 Å². The van der Waals surface area contributed by atoms with E-state index in [4.69, 9.17) is 4.74 Å². The molecule has 2 aromatic carbocycles. The van der Waals surface area contributed by atoms with Crippen LogP contribution in [0.15, 0.2) is 60.9 Å². The lowest BCUT2D eigenvalue weighted by Gasteiger charge is -2.21. The molecule has 182 valence electrons. The molecular weight excluding hydrogens is 455 g/mol. The molecule has 2 heterocycles. The predicted octanol–water partition coefficient (Wildman–Crippen LogP) is 1.52. The highest BCUT2D eigenvalue weighted by Crippen LogP contribution is 2.35. The number of methoxy groups -OCH3 is 1. The highest BCUT2D eigenvalue weighted by atomic mass is 19.1. The number of amides is 2. The number of carbonyl (C=O) groups excluding carboxylic acids is 2. The van der Waals surface area contributed by atoms with Crippen LogP contribution in [-0.4, -0.2) is 59.3 Å². The van der Waals surface area contributed by atoms with E-state index in [-0.39, 0.29) is 40.8 Å². The second kappa shape index (κ2) is 10.5. The van der Waals surface area contributed by atoms with Crippen molar-refractivity contribution in [1.29, 1.82) is 0 Å². The number of halogens is 1. The average Bonchev–Trinajstić information content (AvgIpc) is 3.30. The summed E-state index contributed by atoms with van der Waals surface area (Å²) in [7, 11) is 1.29. The van der Waals surface area contributed by atoms with Gasteiger partial charge in [0.05, 0.1) is 24.8 Å². The Morgan fingerprint density at radius 3 is 2.14 bits per heavy atom. The van der Waals surface area contributed by atoms with E-state index in [2.05, 4.69) is 20.9 Å². The molecule has 1 aromatic heterocycles. The van der Waals surface area contributed by atoms with Crippen molar-refractivity contribution in [3.05, 3.63) is 89.0 Å². The van der Waals surface area contributed by atoms with Gasteiger partial charge in [-0.05, 0) is 42.0 Å². The highest BCUT2D eigenvalue weighted by Gasteiger charge is 2.30. The Kier molecular flexibility index (Phi) is 7.23. The van der Waals surface area contributed by atoms with Crippen molar-refractivity contribution in [1.82, 2.24) is 20.9 Å². The molecule has 9 nitrogen and oxygen atoms in total. The van der Waals surface area contributed by atoms with Crippen LogP contribution in [0.3, 0.4) is 0 Å². The van der Waals surface area contributed by atoms with Gasteiger partial charge < -0.3 is 30.9 Å². The zero-order valence-electron chi connectivity index (χ0n) is 18.9. The van der Waals surface area contributed by atoms with E-state index < -0.39 is 17.7 Å². The van der Waals surface area contributed by atoms with E-state index in [1.54, 1.807) is 12.1 Å². The van der Waals surface area contributed by atoms with E-state index in [9.17, 15) is 24.2 Å². The number of nitrogens with zero attached hydrogens (tertiary/aromatic N) is 1. The maximum absolute atomic E-state index is 14.6. The van der Waals surface area contributed by atoms with Crippen LogP contribution in [0.5, 0.6) is 11.5 Å². The van der Waals surface area contributed by atoms with Gasteiger partial charge in [-0.25, -0.2) is 4.39 Å². The van der Waals surface area contributed by atoms with Gasteiger partial charge in [0.15, 0.2) is 11.6 Å². The summed E-state index contributed by atoms with van der Waals surface area (Å²) in [5.41, 5.74) is 0.771. The third-order valence-corrected chi connectivity index (χ3v) is 5.89. The minimum absolute atomic E-state index is 0.108. The van der Waals surface area contributed by atoms with E-state index in [0.717, 1.165) is 0 Å². The molecule has 0 bridgehead atoms. The van der Waals surface area contributed by atoms with Gasteiger partial charge in [0.1, 0.15) is 11.9 Å². The number of benzene rings is 2. The van der Waals surface area contributed by atoms with Crippen LogP contribution < -0.4 is 20.7 Å². The molecule has 0 aliphatic carbocycles. The Hall–Kier alpha value is -4.02. The molecule has 2 unspecified atom stereocenters. The molecule has 1 aliphatic rings. The van der Waals surface area contributed by atoms with Crippen LogP contribution in [0.1, 0.15) is 37.9 Å². The lowest BCUT2D eigenvalue weighted by atomic mass is 9.98. The Bertz CT molecular complexity index is 1210. The lowest BCUT2D eigenvalue weighted by Crippen LogP contribution is -2.51. The fraction of sp³-hybridized carbons (Fsp3) is 0.240. The number of aromatic hydroxyl groups is 1. The fourth-order valence-corrected chi connectivity index (χ4v) is 3.95. The smallest absolute Gasteiger partial charge is 0.251 e. The Morgan fingerprint density at radius 1 is 1.00 bits per heavy atom. The number of phenols is 1. The number of rotatable bonds is 7. The Morgan fingerprint density at radius 2 is 1.57 bits per heavy atom. The third-order valence-electron chi connectivity index (χ3n) is 5.89. The summed E-state index contributed by atoms with van der Waals surface area (Å²) in [6, 6.07) is 11.0. The zero-order chi connectivity index (χ0) is 24.9. The van der Waals surface area contributed by atoms with Gasteiger partial charge in [-0.2, -0.15) is 0 Å². The molecule has 10 heteroatoms. The molecule has 0 spiro atoms. The number of aliphatic hydroxyl groups is 1. The first-order chi connectivity index (χ1) is 16.9.